The second kappa shape index (κ2) is 6.67. The summed E-state index contributed by atoms with van der Waals surface area (Å²) in [6.45, 7) is 7.09. The van der Waals surface area contributed by atoms with Gasteiger partial charge >= 0.3 is 6.09 Å². The summed E-state index contributed by atoms with van der Waals surface area (Å²) in [5.41, 5.74) is 6.14. The van der Waals surface area contributed by atoms with E-state index in [1.54, 1.807) is 4.90 Å². The topological polar surface area (TPSA) is 44.8 Å². The molecule has 0 saturated heterocycles. The van der Waals surface area contributed by atoms with Crippen molar-refractivity contribution in [1.29, 1.82) is 0 Å². The smallest absolute Gasteiger partial charge is 0.414 e. The average Bonchev–Trinajstić information content (AvgIpc) is 2.42. The fourth-order valence-electron chi connectivity index (χ4n) is 2.62. The van der Waals surface area contributed by atoms with Gasteiger partial charge < -0.3 is 4.74 Å². The highest BCUT2D eigenvalue weighted by molar-refractivity contribution is 5.90. The lowest BCUT2D eigenvalue weighted by Gasteiger charge is -2.33. The number of ether oxygens (including phenoxy) is 1. The number of hydrogen-bond acceptors (Lipinski definition) is 4. The number of hydrogen-bond donors (Lipinski definition) is 1. The molecular weight excluding hydrogens is 278 g/mol. The molecule has 0 unspecified atom stereocenters. The molecule has 1 aliphatic heterocycles. The first-order valence-electron chi connectivity index (χ1n) is 7.80. The van der Waals surface area contributed by atoms with Crippen LogP contribution >= 0.6 is 0 Å². The molecule has 0 aromatic heterocycles. The Morgan fingerprint density at radius 2 is 2.09 bits per heavy atom. The molecule has 2 rings (SSSR count). The van der Waals surface area contributed by atoms with Crippen molar-refractivity contribution in [3.63, 3.8) is 0 Å². The summed E-state index contributed by atoms with van der Waals surface area (Å²) >= 11 is 0. The van der Waals surface area contributed by atoms with Crippen LogP contribution in [0.1, 0.15) is 38.3 Å². The Morgan fingerprint density at radius 1 is 1.36 bits per heavy atom. The summed E-state index contributed by atoms with van der Waals surface area (Å²) in [5.74, 6) is 0. The number of nitrogens with zero attached hydrogens (tertiary/aromatic N) is 2. The number of anilines is 1. The van der Waals surface area contributed by atoms with E-state index in [4.69, 9.17) is 4.74 Å². The number of para-hydroxylation sites is 1. The molecule has 22 heavy (non-hydrogen) atoms. The number of hydrazine groups is 1. The van der Waals surface area contributed by atoms with Crippen LogP contribution in [0.2, 0.25) is 0 Å². The Balaban J connectivity index is 2.29. The third kappa shape index (κ3) is 4.21. The maximum atomic E-state index is 12.5. The molecule has 0 atom stereocenters. The molecule has 122 valence electrons. The van der Waals surface area contributed by atoms with Crippen molar-refractivity contribution >= 4 is 11.8 Å². The van der Waals surface area contributed by atoms with Crippen molar-refractivity contribution in [3.05, 3.63) is 29.3 Å². The predicted molar refractivity (Wildman–Crippen MR) is 88.9 cm³/mol. The number of benzene rings is 1. The van der Waals surface area contributed by atoms with Crippen LogP contribution < -0.4 is 10.3 Å². The summed E-state index contributed by atoms with van der Waals surface area (Å²) in [6, 6.07) is 6.23. The van der Waals surface area contributed by atoms with Crippen LogP contribution in [0, 0.1) is 0 Å². The van der Waals surface area contributed by atoms with Crippen LogP contribution in [-0.4, -0.2) is 37.3 Å². The highest BCUT2D eigenvalue weighted by Crippen LogP contribution is 2.32. The standard InChI is InChI=1S/C17H27N3O2/c1-17(2,3)22-16(21)20-11-7-10-13-8-6-9-14(15(13)20)12-18-19(4)5/h6,8-9,18H,7,10-12H2,1-5H3. The summed E-state index contributed by atoms with van der Waals surface area (Å²) in [7, 11) is 3.92. The zero-order valence-corrected chi connectivity index (χ0v) is 14.3. The molecule has 1 N–H and O–H groups in total. The van der Waals surface area contributed by atoms with E-state index in [0.717, 1.165) is 24.1 Å². The van der Waals surface area contributed by atoms with Gasteiger partial charge in [0.1, 0.15) is 5.60 Å². The van der Waals surface area contributed by atoms with Gasteiger partial charge in [-0.1, -0.05) is 18.2 Å². The van der Waals surface area contributed by atoms with E-state index in [2.05, 4.69) is 23.6 Å². The summed E-state index contributed by atoms with van der Waals surface area (Å²) in [6.07, 6.45) is 1.71. The van der Waals surface area contributed by atoms with Crippen LogP contribution in [0.5, 0.6) is 0 Å². The lowest BCUT2D eigenvalue weighted by Crippen LogP contribution is -2.41. The molecule has 0 spiro atoms. The van der Waals surface area contributed by atoms with Crippen LogP contribution in [0.15, 0.2) is 18.2 Å². The Kier molecular flexibility index (Phi) is 5.08. The molecule has 1 aliphatic rings. The van der Waals surface area contributed by atoms with Gasteiger partial charge in [0.05, 0.1) is 5.69 Å². The molecule has 1 amide bonds. The van der Waals surface area contributed by atoms with Gasteiger partial charge in [0.15, 0.2) is 0 Å². The van der Waals surface area contributed by atoms with E-state index in [-0.39, 0.29) is 6.09 Å². The maximum absolute atomic E-state index is 12.5. The Labute approximate surface area is 133 Å². The Bertz CT molecular complexity index is 535. The molecule has 0 radical (unpaired) electrons. The number of carbonyl (C=O) groups excluding carboxylic acids is 1. The van der Waals surface area contributed by atoms with E-state index in [9.17, 15) is 4.79 Å². The van der Waals surface area contributed by atoms with E-state index < -0.39 is 5.60 Å². The molecule has 1 heterocycles. The SMILES string of the molecule is CN(C)NCc1cccc2c1N(C(=O)OC(C)(C)C)CCC2. The first kappa shape index (κ1) is 16.8. The summed E-state index contributed by atoms with van der Waals surface area (Å²) in [4.78, 5) is 14.3. The number of carbonyl (C=O) groups is 1. The Hall–Kier alpha value is -1.59. The van der Waals surface area contributed by atoms with Gasteiger partial charge in [-0.3, -0.25) is 15.3 Å². The molecular formula is C17H27N3O2. The first-order chi connectivity index (χ1) is 10.3. The van der Waals surface area contributed by atoms with E-state index in [1.165, 1.54) is 5.56 Å². The second-order valence-electron chi connectivity index (χ2n) is 6.89. The van der Waals surface area contributed by atoms with Crippen molar-refractivity contribution in [2.45, 2.75) is 45.8 Å². The van der Waals surface area contributed by atoms with Gasteiger partial charge in [-0.05, 0) is 44.7 Å². The quantitative estimate of drug-likeness (QED) is 0.872. The largest absolute Gasteiger partial charge is 0.443 e. The maximum Gasteiger partial charge on any atom is 0.414 e. The third-order valence-corrected chi connectivity index (χ3v) is 3.50. The van der Waals surface area contributed by atoms with Crippen LogP contribution in [0.3, 0.4) is 0 Å². The molecule has 1 aromatic rings. The lowest BCUT2D eigenvalue weighted by molar-refractivity contribution is 0.0577. The van der Waals surface area contributed by atoms with E-state index >= 15 is 0 Å². The van der Waals surface area contributed by atoms with Gasteiger partial charge in [-0.25, -0.2) is 4.79 Å². The minimum atomic E-state index is -0.481. The monoisotopic (exact) mass is 305 g/mol. The highest BCUT2D eigenvalue weighted by Gasteiger charge is 2.28. The van der Waals surface area contributed by atoms with Crippen molar-refractivity contribution < 1.29 is 9.53 Å². The summed E-state index contributed by atoms with van der Waals surface area (Å²) < 4.78 is 5.57. The third-order valence-electron chi connectivity index (χ3n) is 3.50. The normalized spacial score (nSPS) is 14.9. The van der Waals surface area contributed by atoms with Gasteiger partial charge in [-0.15, -0.1) is 0 Å². The minimum Gasteiger partial charge on any atom is -0.443 e. The molecule has 5 nitrogen and oxygen atoms in total. The number of nitrogens with one attached hydrogen (secondary N) is 1. The predicted octanol–water partition coefficient (Wildman–Crippen LogP) is 2.94. The molecule has 0 saturated carbocycles. The average molecular weight is 305 g/mol. The number of aryl methyl sites for hydroxylation is 1. The highest BCUT2D eigenvalue weighted by atomic mass is 16.6. The fraction of sp³-hybridized carbons (Fsp3) is 0.588. The van der Waals surface area contributed by atoms with Crippen molar-refractivity contribution in [3.8, 4) is 0 Å². The molecule has 0 fully saturated rings. The fourth-order valence-corrected chi connectivity index (χ4v) is 2.62. The van der Waals surface area contributed by atoms with Crippen LogP contribution in [0.4, 0.5) is 10.5 Å². The molecule has 0 aliphatic carbocycles. The van der Waals surface area contributed by atoms with Gasteiger partial charge in [0.25, 0.3) is 0 Å². The summed E-state index contributed by atoms with van der Waals surface area (Å²) in [5, 5.41) is 1.92. The number of amides is 1. The van der Waals surface area contributed by atoms with Crippen molar-refractivity contribution in [2.75, 3.05) is 25.5 Å². The number of fused-ring (bicyclic) bond motifs is 1. The zero-order chi connectivity index (χ0) is 16.3. The van der Waals surface area contributed by atoms with Gasteiger partial charge in [-0.2, -0.15) is 0 Å². The minimum absolute atomic E-state index is 0.259. The van der Waals surface area contributed by atoms with E-state index in [1.807, 2.05) is 39.9 Å². The lowest BCUT2D eigenvalue weighted by atomic mass is 9.98. The second-order valence-corrected chi connectivity index (χ2v) is 6.89. The van der Waals surface area contributed by atoms with Crippen molar-refractivity contribution in [1.82, 2.24) is 10.4 Å². The van der Waals surface area contributed by atoms with Gasteiger partial charge in [0.2, 0.25) is 0 Å². The van der Waals surface area contributed by atoms with Crippen LogP contribution in [0.25, 0.3) is 0 Å². The zero-order valence-electron chi connectivity index (χ0n) is 14.3. The molecule has 5 heteroatoms. The molecule has 1 aromatic carbocycles. The van der Waals surface area contributed by atoms with Crippen molar-refractivity contribution in [2.24, 2.45) is 0 Å². The Morgan fingerprint density at radius 3 is 2.73 bits per heavy atom. The first-order valence-corrected chi connectivity index (χ1v) is 7.80. The van der Waals surface area contributed by atoms with Crippen LogP contribution in [-0.2, 0) is 17.7 Å². The number of rotatable bonds is 3. The van der Waals surface area contributed by atoms with E-state index in [0.29, 0.717) is 13.1 Å². The molecule has 0 bridgehead atoms. The van der Waals surface area contributed by atoms with Gasteiger partial charge in [0, 0.05) is 27.2 Å².